The van der Waals surface area contributed by atoms with E-state index in [1.807, 2.05) is 30.3 Å². The van der Waals surface area contributed by atoms with E-state index in [-0.39, 0.29) is 5.91 Å². The van der Waals surface area contributed by atoms with E-state index in [1.54, 1.807) is 6.92 Å². The number of rotatable bonds is 7. The van der Waals surface area contributed by atoms with Crippen molar-refractivity contribution in [3.8, 4) is 5.75 Å². The van der Waals surface area contributed by atoms with Crippen LogP contribution in [0.5, 0.6) is 5.75 Å². The molecule has 0 saturated carbocycles. The zero-order valence-electron chi connectivity index (χ0n) is 15.1. The third kappa shape index (κ3) is 4.16. The van der Waals surface area contributed by atoms with Crippen molar-refractivity contribution >= 4 is 11.6 Å². The Morgan fingerprint density at radius 3 is 2.04 bits per heavy atom. The molecule has 2 aromatic carbocycles. The molecule has 0 radical (unpaired) electrons. The Morgan fingerprint density at radius 2 is 1.46 bits per heavy atom. The lowest BCUT2D eigenvalue weighted by Crippen LogP contribution is -2.31. The molecule has 2 rings (SSSR count). The van der Waals surface area contributed by atoms with E-state index in [1.165, 1.54) is 0 Å². The molecule has 0 aliphatic rings. The van der Waals surface area contributed by atoms with Crippen molar-refractivity contribution in [1.82, 2.24) is 0 Å². The minimum absolute atomic E-state index is 0.114. The van der Waals surface area contributed by atoms with Gasteiger partial charge < -0.3 is 10.1 Å². The molecule has 2 aromatic rings. The lowest BCUT2D eigenvalue weighted by atomic mass is 10.0. The average Bonchev–Trinajstić information content (AvgIpc) is 2.62. The van der Waals surface area contributed by atoms with Crippen molar-refractivity contribution in [2.24, 2.45) is 0 Å². The number of nitrogens with one attached hydrogen (secondary N) is 1. The van der Waals surface area contributed by atoms with E-state index in [2.05, 4.69) is 38.2 Å². The Labute approximate surface area is 145 Å². The van der Waals surface area contributed by atoms with Crippen molar-refractivity contribution in [3.63, 3.8) is 0 Å². The molecule has 3 nitrogen and oxygen atoms in total. The van der Waals surface area contributed by atoms with Crippen LogP contribution in [0.15, 0.2) is 42.5 Å². The van der Waals surface area contributed by atoms with Gasteiger partial charge in [-0.15, -0.1) is 0 Å². The second kappa shape index (κ2) is 8.53. The third-order valence-electron chi connectivity index (χ3n) is 4.27. The topological polar surface area (TPSA) is 38.3 Å². The molecule has 0 unspecified atom stereocenters. The van der Waals surface area contributed by atoms with Crippen molar-refractivity contribution < 1.29 is 9.53 Å². The lowest BCUT2D eigenvalue weighted by Gasteiger charge is -2.19. The lowest BCUT2D eigenvalue weighted by molar-refractivity contribution is -0.122. The maximum atomic E-state index is 12.6. The van der Waals surface area contributed by atoms with Gasteiger partial charge in [0.15, 0.2) is 6.10 Å². The fourth-order valence-corrected chi connectivity index (χ4v) is 2.78. The van der Waals surface area contributed by atoms with E-state index < -0.39 is 6.10 Å². The predicted molar refractivity (Wildman–Crippen MR) is 99.7 cm³/mol. The first-order valence-corrected chi connectivity index (χ1v) is 8.76. The summed E-state index contributed by atoms with van der Waals surface area (Å²) in [4.78, 5) is 12.6. The van der Waals surface area contributed by atoms with Crippen LogP contribution in [-0.2, 0) is 24.1 Å². The van der Waals surface area contributed by atoms with Gasteiger partial charge in [0.05, 0.1) is 0 Å². The number of carbonyl (C=O) groups excluding carboxylic acids is 1. The summed E-state index contributed by atoms with van der Waals surface area (Å²) in [6.45, 7) is 8.07. The van der Waals surface area contributed by atoms with Gasteiger partial charge in [0.25, 0.3) is 5.91 Å². The number of hydrogen-bond acceptors (Lipinski definition) is 2. The van der Waals surface area contributed by atoms with Gasteiger partial charge in [-0.2, -0.15) is 0 Å². The molecule has 0 fully saturated rings. The van der Waals surface area contributed by atoms with Gasteiger partial charge in [-0.05, 0) is 48.9 Å². The van der Waals surface area contributed by atoms with E-state index >= 15 is 0 Å². The molecule has 0 aromatic heterocycles. The maximum Gasteiger partial charge on any atom is 0.265 e. The molecule has 0 saturated heterocycles. The van der Waals surface area contributed by atoms with Crippen molar-refractivity contribution in [1.29, 1.82) is 0 Å². The Balaban J connectivity index is 2.15. The van der Waals surface area contributed by atoms with Crippen LogP contribution in [0.4, 0.5) is 5.69 Å². The van der Waals surface area contributed by atoms with Crippen molar-refractivity contribution in [2.45, 2.75) is 53.1 Å². The third-order valence-corrected chi connectivity index (χ3v) is 4.27. The number of carbonyl (C=O) groups is 1. The molecular weight excluding hydrogens is 298 g/mol. The largest absolute Gasteiger partial charge is 0.481 e. The Morgan fingerprint density at radius 1 is 0.917 bits per heavy atom. The standard InChI is InChI=1S/C21H27NO2/c1-5-16-11-8-9-14-19(16)24-15(4)21(23)22-20-17(6-2)12-10-13-18(20)7-3/h8-15H,5-7H2,1-4H3,(H,22,23)/t15-/m1/s1. The first-order valence-electron chi connectivity index (χ1n) is 8.76. The van der Waals surface area contributed by atoms with E-state index in [0.29, 0.717) is 0 Å². The molecule has 24 heavy (non-hydrogen) atoms. The fourth-order valence-electron chi connectivity index (χ4n) is 2.78. The minimum Gasteiger partial charge on any atom is -0.481 e. The number of amides is 1. The summed E-state index contributed by atoms with van der Waals surface area (Å²) in [5.74, 6) is 0.665. The first-order chi connectivity index (χ1) is 11.6. The first kappa shape index (κ1) is 18.1. The summed E-state index contributed by atoms with van der Waals surface area (Å²) in [6.07, 6.45) is 2.10. The molecule has 128 valence electrons. The molecular formula is C21H27NO2. The normalized spacial score (nSPS) is 11.8. The van der Waals surface area contributed by atoms with Gasteiger partial charge in [-0.25, -0.2) is 0 Å². The number of hydrogen-bond donors (Lipinski definition) is 1. The van der Waals surface area contributed by atoms with Crippen LogP contribution >= 0.6 is 0 Å². The highest BCUT2D eigenvalue weighted by molar-refractivity contribution is 5.95. The van der Waals surface area contributed by atoms with E-state index in [9.17, 15) is 4.79 Å². The molecule has 3 heteroatoms. The number of anilines is 1. The minimum atomic E-state index is -0.549. The molecule has 0 spiro atoms. The number of aryl methyl sites for hydroxylation is 3. The maximum absolute atomic E-state index is 12.6. The Hall–Kier alpha value is -2.29. The summed E-state index contributed by atoms with van der Waals surface area (Å²) < 4.78 is 5.91. The van der Waals surface area contributed by atoms with Crippen LogP contribution < -0.4 is 10.1 Å². The molecule has 0 bridgehead atoms. The van der Waals surface area contributed by atoms with Crippen LogP contribution in [-0.4, -0.2) is 12.0 Å². The van der Waals surface area contributed by atoms with Gasteiger partial charge in [0.1, 0.15) is 5.75 Å². The fraction of sp³-hybridized carbons (Fsp3) is 0.381. The second-order valence-corrected chi connectivity index (χ2v) is 5.87. The zero-order valence-corrected chi connectivity index (χ0v) is 15.1. The number of para-hydroxylation sites is 2. The highest BCUT2D eigenvalue weighted by Crippen LogP contribution is 2.24. The molecule has 1 atom stereocenters. The quantitative estimate of drug-likeness (QED) is 0.795. The van der Waals surface area contributed by atoms with Crippen molar-refractivity contribution in [2.75, 3.05) is 5.32 Å². The Bertz CT molecular complexity index is 672. The zero-order chi connectivity index (χ0) is 17.5. The molecule has 1 N–H and O–H groups in total. The van der Waals surface area contributed by atoms with Crippen LogP contribution in [0, 0.1) is 0 Å². The van der Waals surface area contributed by atoms with Crippen LogP contribution in [0.1, 0.15) is 44.4 Å². The molecule has 0 aliphatic heterocycles. The van der Waals surface area contributed by atoms with E-state index in [0.717, 1.165) is 47.4 Å². The van der Waals surface area contributed by atoms with Crippen LogP contribution in [0.2, 0.25) is 0 Å². The van der Waals surface area contributed by atoms with Crippen LogP contribution in [0.25, 0.3) is 0 Å². The summed E-state index contributed by atoms with van der Waals surface area (Å²) in [7, 11) is 0. The van der Waals surface area contributed by atoms with E-state index in [4.69, 9.17) is 4.74 Å². The highest BCUT2D eigenvalue weighted by atomic mass is 16.5. The molecule has 1 amide bonds. The molecule has 0 heterocycles. The van der Waals surface area contributed by atoms with Gasteiger partial charge in [0, 0.05) is 5.69 Å². The predicted octanol–water partition coefficient (Wildman–Crippen LogP) is 4.78. The van der Waals surface area contributed by atoms with Gasteiger partial charge in [0.2, 0.25) is 0 Å². The number of ether oxygens (including phenoxy) is 1. The average molecular weight is 325 g/mol. The summed E-state index contributed by atoms with van der Waals surface area (Å²) in [6, 6.07) is 14.0. The smallest absolute Gasteiger partial charge is 0.265 e. The molecule has 0 aliphatic carbocycles. The summed E-state index contributed by atoms with van der Waals surface area (Å²) in [5, 5.41) is 3.07. The van der Waals surface area contributed by atoms with Crippen molar-refractivity contribution in [3.05, 3.63) is 59.2 Å². The SMILES string of the molecule is CCc1ccccc1O[C@H](C)C(=O)Nc1c(CC)cccc1CC. The monoisotopic (exact) mass is 325 g/mol. The second-order valence-electron chi connectivity index (χ2n) is 5.87. The van der Waals surface area contributed by atoms with Gasteiger partial charge >= 0.3 is 0 Å². The van der Waals surface area contributed by atoms with Crippen LogP contribution in [0.3, 0.4) is 0 Å². The Kier molecular flexibility index (Phi) is 6.42. The van der Waals surface area contributed by atoms with Gasteiger partial charge in [-0.3, -0.25) is 4.79 Å². The summed E-state index contributed by atoms with van der Waals surface area (Å²) in [5.41, 5.74) is 4.36. The highest BCUT2D eigenvalue weighted by Gasteiger charge is 2.18. The summed E-state index contributed by atoms with van der Waals surface area (Å²) >= 11 is 0. The van der Waals surface area contributed by atoms with Gasteiger partial charge in [-0.1, -0.05) is 57.2 Å². The number of benzene rings is 2.